The Morgan fingerprint density at radius 3 is 2.59 bits per heavy atom. The van der Waals surface area contributed by atoms with Crippen LogP contribution in [0.2, 0.25) is 0 Å². The Hall–Kier alpha value is -4.03. The SMILES string of the molecule is N#CC1=C(N)OC2=C(C(=O)CC(c3ccco3)C2)C1c1ccc(OC(=O)N2CCOCC2)cc1. The first-order valence-corrected chi connectivity index (χ1v) is 11.1. The fraction of sp³-hybridized carbons (Fsp3) is 0.320. The zero-order valence-corrected chi connectivity index (χ0v) is 18.4. The fourth-order valence-corrected chi connectivity index (χ4v) is 4.61. The average Bonchev–Trinajstić information content (AvgIpc) is 3.39. The highest BCUT2D eigenvalue weighted by molar-refractivity contribution is 6.00. The van der Waals surface area contributed by atoms with Crippen molar-refractivity contribution in [1.29, 1.82) is 5.26 Å². The summed E-state index contributed by atoms with van der Waals surface area (Å²) >= 11 is 0. The van der Waals surface area contributed by atoms with Gasteiger partial charge in [0.15, 0.2) is 5.78 Å². The van der Waals surface area contributed by atoms with Crippen molar-refractivity contribution in [3.8, 4) is 11.8 Å². The zero-order chi connectivity index (χ0) is 23.7. The molecule has 0 radical (unpaired) electrons. The molecule has 2 aliphatic heterocycles. The number of amides is 1. The summed E-state index contributed by atoms with van der Waals surface area (Å²) in [6.07, 6.45) is 1.82. The van der Waals surface area contributed by atoms with Gasteiger partial charge in [0.1, 0.15) is 28.9 Å². The maximum Gasteiger partial charge on any atom is 0.415 e. The van der Waals surface area contributed by atoms with Crippen molar-refractivity contribution in [1.82, 2.24) is 4.90 Å². The van der Waals surface area contributed by atoms with E-state index in [2.05, 4.69) is 6.07 Å². The maximum atomic E-state index is 13.2. The number of nitrogens with zero attached hydrogens (tertiary/aromatic N) is 2. The molecule has 2 aromatic rings. The Kier molecular flexibility index (Phi) is 5.82. The van der Waals surface area contributed by atoms with Crippen LogP contribution in [0, 0.1) is 11.3 Å². The Labute approximate surface area is 196 Å². The number of furan rings is 1. The number of hydrogen-bond acceptors (Lipinski definition) is 8. The normalized spacial score (nSPS) is 22.7. The van der Waals surface area contributed by atoms with Crippen LogP contribution in [0.5, 0.6) is 5.75 Å². The highest BCUT2D eigenvalue weighted by atomic mass is 16.6. The lowest BCUT2D eigenvalue weighted by atomic mass is 9.74. The van der Waals surface area contributed by atoms with Crippen molar-refractivity contribution < 1.29 is 28.2 Å². The number of benzene rings is 1. The van der Waals surface area contributed by atoms with E-state index in [9.17, 15) is 14.9 Å². The van der Waals surface area contributed by atoms with Crippen LogP contribution in [0.1, 0.15) is 36.0 Å². The van der Waals surface area contributed by atoms with Crippen LogP contribution in [0.15, 0.2) is 69.9 Å². The second kappa shape index (κ2) is 9.08. The molecular formula is C25H23N3O6. The molecule has 34 heavy (non-hydrogen) atoms. The number of carbonyl (C=O) groups is 2. The number of ether oxygens (including phenoxy) is 3. The van der Waals surface area contributed by atoms with Crippen molar-refractivity contribution >= 4 is 11.9 Å². The lowest BCUT2D eigenvalue weighted by Crippen LogP contribution is -2.42. The number of rotatable bonds is 3. The van der Waals surface area contributed by atoms with Crippen LogP contribution >= 0.6 is 0 Å². The molecule has 174 valence electrons. The molecule has 1 aliphatic carbocycles. The molecular weight excluding hydrogens is 438 g/mol. The first kappa shape index (κ1) is 21.8. The minimum absolute atomic E-state index is 0.0121. The van der Waals surface area contributed by atoms with E-state index in [0.717, 1.165) is 0 Å². The topological polar surface area (TPSA) is 128 Å². The first-order valence-electron chi connectivity index (χ1n) is 11.1. The fourth-order valence-electron chi connectivity index (χ4n) is 4.61. The number of hydrogen-bond donors (Lipinski definition) is 1. The third-order valence-electron chi connectivity index (χ3n) is 6.29. The van der Waals surface area contributed by atoms with Crippen LogP contribution in [0.4, 0.5) is 4.79 Å². The molecule has 1 aromatic carbocycles. The highest BCUT2D eigenvalue weighted by Gasteiger charge is 2.41. The molecule has 1 aromatic heterocycles. The van der Waals surface area contributed by atoms with Gasteiger partial charge in [-0.05, 0) is 29.8 Å². The molecule has 2 atom stereocenters. The molecule has 2 N–H and O–H groups in total. The molecule has 9 nitrogen and oxygen atoms in total. The van der Waals surface area contributed by atoms with Crippen molar-refractivity contribution in [2.45, 2.75) is 24.7 Å². The predicted octanol–water partition coefficient (Wildman–Crippen LogP) is 3.32. The lowest BCUT2D eigenvalue weighted by Gasteiger charge is -2.33. The minimum atomic E-state index is -0.650. The summed E-state index contributed by atoms with van der Waals surface area (Å²) in [5, 5.41) is 9.79. The molecule has 1 saturated heterocycles. The van der Waals surface area contributed by atoms with Gasteiger partial charge in [0.2, 0.25) is 5.88 Å². The summed E-state index contributed by atoms with van der Waals surface area (Å²) in [4.78, 5) is 27.2. The standard InChI is InChI=1S/C25H23N3O6/c26-14-18-22(15-3-5-17(6-4-15)33-25(30)28-7-10-31-11-8-28)23-19(29)12-16(20-2-1-9-32-20)13-21(23)34-24(18)27/h1-6,9,16,22H,7-8,10-13,27H2. The van der Waals surface area contributed by atoms with E-state index in [1.165, 1.54) is 0 Å². The molecule has 5 rings (SSSR count). The second-order valence-corrected chi connectivity index (χ2v) is 8.34. The predicted molar refractivity (Wildman–Crippen MR) is 118 cm³/mol. The van der Waals surface area contributed by atoms with Gasteiger partial charge in [-0.2, -0.15) is 5.26 Å². The molecule has 1 amide bonds. The lowest BCUT2D eigenvalue weighted by molar-refractivity contribution is -0.117. The van der Waals surface area contributed by atoms with Crippen LogP contribution in [-0.4, -0.2) is 43.1 Å². The number of nitrogens with two attached hydrogens (primary N) is 1. The van der Waals surface area contributed by atoms with Crippen molar-refractivity contribution in [3.63, 3.8) is 0 Å². The number of allylic oxidation sites excluding steroid dienone is 3. The van der Waals surface area contributed by atoms with Gasteiger partial charge in [0.05, 0.1) is 25.4 Å². The van der Waals surface area contributed by atoms with Crippen LogP contribution in [0.3, 0.4) is 0 Å². The van der Waals surface area contributed by atoms with Gasteiger partial charge in [-0.1, -0.05) is 12.1 Å². The summed E-state index contributed by atoms with van der Waals surface area (Å²) < 4.78 is 22.0. The van der Waals surface area contributed by atoms with E-state index in [-0.39, 0.29) is 29.6 Å². The van der Waals surface area contributed by atoms with Crippen molar-refractivity contribution in [2.75, 3.05) is 26.3 Å². The number of carbonyl (C=O) groups excluding carboxylic acids is 2. The van der Waals surface area contributed by atoms with E-state index in [1.54, 1.807) is 41.5 Å². The Morgan fingerprint density at radius 1 is 1.15 bits per heavy atom. The molecule has 2 unspecified atom stereocenters. The zero-order valence-electron chi connectivity index (χ0n) is 18.4. The first-order chi connectivity index (χ1) is 16.5. The number of Topliss-reactive ketones (excluding diaryl/α,β-unsaturated/α-hetero) is 1. The summed E-state index contributed by atoms with van der Waals surface area (Å²) in [5.74, 6) is 0.604. The Balaban J connectivity index is 1.41. The van der Waals surface area contributed by atoms with Gasteiger partial charge in [0.25, 0.3) is 0 Å². The van der Waals surface area contributed by atoms with Crippen molar-refractivity contribution in [3.05, 3.63) is 76.8 Å². The summed E-state index contributed by atoms with van der Waals surface area (Å²) in [5.41, 5.74) is 7.40. The van der Waals surface area contributed by atoms with Gasteiger partial charge in [0, 0.05) is 37.4 Å². The van der Waals surface area contributed by atoms with Crippen LogP contribution in [0.25, 0.3) is 0 Å². The number of nitriles is 1. The van der Waals surface area contributed by atoms with Gasteiger partial charge in [-0.3, -0.25) is 4.79 Å². The van der Waals surface area contributed by atoms with Gasteiger partial charge >= 0.3 is 6.09 Å². The average molecular weight is 461 g/mol. The smallest absolute Gasteiger partial charge is 0.415 e. The Bertz CT molecular complexity index is 1200. The number of ketones is 1. The largest absolute Gasteiger partial charge is 0.469 e. The third kappa shape index (κ3) is 4.04. The van der Waals surface area contributed by atoms with Crippen molar-refractivity contribution in [2.24, 2.45) is 5.73 Å². The molecule has 1 fully saturated rings. The third-order valence-corrected chi connectivity index (χ3v) is 6.29. The van der Waals surface area contributed by atoms with E-state index in [4.69, 9.17) is 24.4 Å². The summed E-state index contributed by atoms with van der Waals surface area (Å²) in [6, 6.07) is 12.5. The molecule has 0 spiro atoms. The van der Waals surface area contributed by atoms with Gasteiger partial charge in [-0.25, -0.2) is 4.79 Å². The monoisotopic (exact) mass is 461 g/mol. The molecule has 0 saturated carbocycles. The van der Waals surface area contributed by atoms with E-state index >= 15 is 0 Å². The van der Waals surface area contributed by atoms with Gasteiger partial charge < -0.3 is 29.3 Å². The van der Waals surface area contributed by atoms with E-state index in [0.29, 0.717) is 61.1 Å². The molecule has 0 bridgehead atoms. The van der Waals surface area contributed by atoms with Crippen LogP contribution < -0.4 is 10.5 Å². The highest BCUT2D eigenvalue weighted by Crippen LogP contribution is 2.46. The summed E-state index contributed by atoms with van der Waals surface area (Å²) in [7, 11) is 0. The maximum absolute atomic E-state index is 13.2. The van der Waals surface area contributed by atoms with Gasteiger partial charge in [-0.15, -0.1) is 0 Å². The number of morpholine rings is 1. The Morgan fingerprint density at radius 2 is 1.91 bits per heavy atom. The van der Waals surface area contributed by atoms with E-state index in [1.807, 2.05) is 6.07 Å². The summed E-state index contributed by atoms with van der Waals surface area (Å²) in [6.45, 7) is 1.92. The molecule has 9 heteroatoms. The quantitative estimate of drug-likeness (QED) is 0.737. The molecule has 3 aliphatic rings. The molecule has 3 heterocycles. The second-order valence-electron chi connectivity index (χ2n) is 8.34. The van der Waals surface area contributed by atoms with Crippen LogP contribution in [-0.2, 0) is 14.3 Å². The van der Waals surface area contributed by atoms with E-state index < -0.39 is 12.0 Å². The minimum Gasteiger partial charge on any atom is -0.469 e.